The van der Waals surface area contributed by atoms with Crippen LogP contribution in [0.4, 0.5) is 0 Å². The van der Waals surface area contributed by atoms with Gasteiger partial charge in [0.2, 0.25) is 11.8 Å². The number of amides is 2. The summed E-state index contributed by atoms with van der Waals surface area (Å²) < 4.78 is 0. The summed E-state index contributed by atoms with van der Waals surface area (Å²) in [6.07, 6.45) is 4.59. The smallest absolute Gasteiger partial charge is 0.246 e. The molecule has 0 aromatic heterocycles. The fourth-order valence-corrected chi connectivity index (χ4v) is 2.98. The first-order valence-corrected chi connectivity index (χ1v) is 8.27. The number of hydrogen-bond donors (Lipinski definition) is 0. The van der Waals surface area contributed by atoms with E-state index in [0.29, 0.717) is 41.5 Å². The molecule has 1 aliphatic rings. The van der Waals surface area contributed by atoms with Gasteiger partial charge in [-0.25, -0.2) is 0 Å². The van der Waals surface area contributed by atoms with Crippen LogP contribution in [0.25, 0.3) is 6.08 Å². The Kier molecular flexibility index (Phi) is 6.08. The van der Waals surface area contributed by atoms with Crippen molar-refractivity contribution in [1.29, 1.82) is 0 Å². The molecule has 0 aliphatic carbocycles. The lowest BCUT2D eigenvalue weighted by Crippen LogP contribution is -2.42. The summed E-state index contributed by atoms with van der Waals surface area (Å²) in [6.45, 7) is 1.19. The van der Waals surface area contributed by atoms with Crippen molar-refractivity contribution in [2.24, 2.45) is 5.92 Å². The molecule has 0 radical (unpaired) electrons. The van der Waals surface area contributed by atoms with Crippen LogP contribution < -0.4 is 0 Å². The maximum Gasteiger partial charge on any atom is 0.246 e. The number of piperidine rings is 1. The highest BCUT2D eigenvalue weighted by Gasteiger charge is 2.27. The van der Waals surface area contributed by atoms with Crippen LogP contribution in [0.2, 0.25) is 10.0 Å². The molecule has 0 spiro atoms. The zero-order chi connectivity index (χ0) is 17.0. The molecule has 2 rings (SSSR count). The van der Waals surface area contributed by atoms with E-state index in [4.69, 9.17) is 23.2 Å². The van der Waals surface area contributed by atoms with Gasteiger partial charge in [0.25, 0.3) is 0 Å². The Morgan fingerprint density at radius 3 is 2.48 bits per heavy atom. The van der Waals surface area contributed by atoms with Crippen molar-refractivity contribution in [3.8, 4) is 0 Å². The Morgan fingerprint density at radius 1 is 1.22 bits per heavy atom. The molecule has 0 bridgehead atoms. The van der Waals surface area contributed by atoms with Crippen molar-refractivity contribution in [3.05, 3.63) is 39.9 Å². The summed E-state index contributed by atoms with van der Waals surface area (Å²) in [5.41, 5.74) is 0.713. The minimum Gasteiger partial charge on any atom is -0.349 e. The highest BCUT2D eigenvalue weighted by Crippen LogP contribution is 2.23. The molecule has 0 N–H and O–H groups in total. The molecule has 0 saturated carbocycles. The number of hydrogen-bond acceptors (Lipinski definition) is 2. The molecule has 1 heterocycles. The first kappa shape index (κ1) is 17.8. The van der Waals surface area contributed by atoms with Gasteiger partial charge < -0.3 is 9.80 Å². The SMILES string of the molecule is CN(C)C(=O)C1CCN(C(=O)/C=C/c2cc(Cl)ccc2Cl)CC1. The maximum absolute atomic E-state index is 12.2. The number of carbonyl (C=O) groups excluding carboxylic acids is 2. The Bertz CT molecular complexity index is 621. The van der Waals surface area contributed by atoms with Crippen molar-refractivity contribution in [2.45, 2.75) is 12.8 Å². The summed E-state index contributed by atoms with van der Waals surface area (Å²) in [7, 11) is 3.52. The van der Waals surface area contributed by atoms with Crippen molar-refractivity contribution < 1.29 is 9.59 Å². The molecule has 2 amide bonds. The summed E-state index contributed by atoms with van der Waals surface area (Å²) in [5, 5.41) is 1.12. The third-order valence-electron chi connectivity index (χ3n) is 3.96. The van der Waals surface area contributed by atoms with E-state index in [2.05, 4.69) is 0 Å². The van der Waals surface area contributed by atoms with Crippen LogP contribution >= 0.6 is 23.2 Å². The molecule has 0 atom stereocenters. The second kappa shape index (κ2) is 7.84. The molecular weight excluding hydrogens is 335 g/mol. The summed E-state index contributed by atoms with van der Waals surface area (Å²) in [4.78, 5) is 27.6. The van der Waals surface area contributed by atoms with E-state index in [0.717, 1.165) is 0 Å². The molecule has 0 unspecified atom stereocenters. The fraction of sp³-hybridized carbons (Fsp3) is 0.412. The lowest BCUT2D eigenvalue weighted by Gasteiger charge is -2.31. The maximum atomic E-state index is 12.2. The predicted molar refractivity (Wildman–Crippen MR) is 93.5 cm³/mol. The topological polar surface area (TPSA) is 40.6 Å². The van der Waals surface area contributed by atoms with Gasteiger partial charge in [0.1, 0.15) is 0 Å². The number of nitrogens with zero attached hydrogens (tertiary/aromatic N) is 2. The van der Waals surface area contributed by atoms with Gasteiger partial charge in [-0.3, -0.25) is 9.59 Å². The monoisotopic (exact) mass is 354 g/mol. The van der Waals surface area contributed by atoms with Crippen molar-refractivity contribution in [3.63, 3.8) is 0 Å². The lowest BCUT2D eigenvalue weighted by atomic mass is 9.95. The number of rotatable bonds is 3. The Morgan fingerprint density at radius 2 is 1.87 bits per heavy atom. The molecule has 1 aromatic carbocycles. The zero-order valence-corrected chi connectivity index (χ0v) is 14.8. The molecule has 1 fully saturated rings. The third kappa shape index (κ3) is 4.72. The largest absolute Gasteiger partial charge is 0.349 e. The van der Waals surface area contributed by atoms with Crippen LogP contribution in [0.5, 0.6) is 0 Å². The average Bonchev–Trinajstić information content (AvgIpc) is 2.54. The van der Waals surface area contributed by atoms with Crippen LogP contribution in [0.1, 0.15) is 18.4 Å². The van der Waals surface area contributed by atoms with Gasteiger partial charge in [0.15, 0.2) is 0 Å². The summed E-state index contributed by atoms with van der Waals surface area (Å²) in [6, 6.07) is 5.12. The third-order valence-corrected chi connectivity index (χ3v) is 4.54. The number of halogens is 2. The first-order valence-electron chi connectivity index (χ1n) is 7.51. The van der Waals surface area contributed by atoms with Crippen LogP contribution in [-0.2, 0) is 9.59 Å². The highest BCUT2D eigenvalue weighted by molar-refractivity contribution is 6.34. The number of likely N-dealkylation sites (tertiary alicyclic amines) is 1. The quantitative estimate of drug-likeness (QED) is 0.781. The van der Waals surface area contributed by atoms with Gasteiger partial charge in [-0.1, -0.05) is 23.2 Å². The highest BCUT2D eigenvalue weighted by atomic mass is 35.5. The molecular formula is C17H20Cl2N2O2. The van der Waals surface area contributed by atoms with E-state index in [1.165, 1.54) is 6.08 Å². The number of benzene rings is 1. The second-order valence-electron chi connectivity index (χ2n) is 5.83. The fourth-order valence-electron chi connectivity index (χ4n) is 2.62. The summed E-state index contributed by atoms with van der Waals surface area (Å²) in [5.74, 6) is 0.0792. The van der Waals surface area contributed by atoms with Gasteiger partial charge in [0.05, 0.1) is 0 Å². The van der Waals surface area contributed by atoms with E-state index in [-0.39, 0.29) is 17.7 Å². The first-order chi connectivity index (χ1) is 10.9. The average molecular weight is 355 g/mol. The Hall–Kier alpha value is -1.52. The van der Waals surface area contributed by atoms with Crippen LogP contribution in [0, 0.1) is 5.92 Å². The molecule has 4 nitrogen and oxygen atoms in total. The van der Waals surface area contributed by atoms with Crippen molar-refractivity contribution >= 4 is 41.1 Å². The van der Waals surface area contributed by atoms with Crippen LogP contribution in [0.3, 0.4) is 0 Å². The van der Waals surface area contributed by atoms with E-state index >= 15 is 0 Å². The minimum absolute atomic E-state index is 0.0143. The molecule has 1 aliphatic heterocycles. The van der Waals surface area contributed by atoms with E-state index in [1.807, 2.05) is 0 Å². The molecule has 1 aromatic rings. The normalized spacial score (nSPS) is 15.9. The van der Waals surface area contributed by atoms with Gasteiger partial charge in [-0.05, 0) is 42.7 Å². The summed E-state index contributed by atoms with van der Waals surface area (Å²) >= 11 is 12.0. The second-order valence-corrected chi connectivity index (χ2v) is 6.68. The Balaban J connectivity index is 1.94. The number of carbonyl (C=O) groups is 2. The Labute approximate surface area is 146 Å². The van der Waals surface area contributed by atoms with Gasteiger partial charge in [-0.2, -0.15) is 0 Å². The van der Waals surface area contributed by atoms with E-state index in [9.17, 15) is 9.59 Å². The van der Waals surface area contributed by atoms with E-state index < -0.39 is 0 Å². The lowest BCUT2D eigenvalue weighted by molar-refractivity contribution is -0.137. The van der Waals surface area contributed by atoms with Crippen molar-refractivity contribution in [2.75, 3.05) is 27.2 Å². The van der Waals surface area contributed by atoms with Gasteiger partial charge in [0, 0.05) is 49.2 Å². The van der Waals surface area contributed by atoms with Crippen molar-refractivity contribution in [1.82, 2.24) is 9.80 Å². The molecule has 1 saturated heterocycles. The molecule has 23 heavy (non-hydrogen) atoms. The predicted octanol–water partition coefficient (Wildman–Crippen LogP) is 3.33. The standard InChI is InChI=1S/C17H20Cl2N2O2/c1-20(2)17(23)12-7-9-21(10-8-12)16(22)6-3-13-11-14(18)4-5-15(13)19/h3-6,11-12H,7-10H2,1-2H3/b6-3+. The zero-order valence-electron chi connectivity index (χ0n) is 13.3. The van der Waals surface area contributed by atoms with Gasteiger partial charge in [-0.15, -0.1) is 0 Å². The van der Waals surface area contributed by atoms with E-state index in [1.54, 1.807) is 48.2 Å². The van der Waals surface area contributed by atoms with Crippen LogP contribution in [-0.4, -0.2) is 48.8 Å². The van der Waals surface area contributed by atoms with Gasteiger partial charge >= 0.3 is 0 Å². The minimum atomic E-state index is -0.0724. The molecule has 124 valence electrons. The van der Waals surface area contributed by atoms with Crippen LogP contribution in [0.15, 0.2) is 24.3 Å². The molecule has 6 heteroatoms.